The van der Waals surface area contributed by atoms with E-state index in [1.807, 2.05) is 48.5 Å². The van der Waals surface area contributed by atoms with Crippen LogP contribution in [0.4, 0.5) is 10.6 Å². The number of hydrogen-bond donors (Lipinski definition) is 2. The van der Waals surface area contributed by atoms with Gasteiger partial charge >= 0.3 is 12.1 Å². The number of carbonyl (C=O) groups excluding carboxylic acids is 2. The molecule has 0 bridgehead atoms. The highest BCUT2D eigenvalue weighted by atomic mass is 16.6. The molecule has 10 nitrogen and oxygen atoms in total. The number of likely N-dealkylation sites (tertiary alicyclic amines) is 1. The van der Waals surface area contributed by atoms with Gasteiger partial charge in [0.2, 0.25) is 11.5 Å². The summed E-state index contributed by atoms with van der Waals surface area (Å²) in [5.74, 6) is -2.10. The van der Waals surface area contributed by atoms with Crippen LogP contribution in [0, 0.1) is 0 Å². The number of rotatable bonds is 5. The van der Waals surface area contributed by atoms with Crippen LogP contribution in [-0.2, 0) is 9.53 Å². The fourth-order valence-corrected chi connectivity index (χ4v) is 4.54. The summed E-state index contributed by atoms with van der Waals surface area (Å²) in [5, 5.41) is 18.8. The smallest absolute Gasteiger partial charge is 0.412 e. The van der Waals surface area contributed by atoms with Gasteiger partial charge in [-0.15, -0.1) is 0 Å². The lowest BCUT2D eigenvalue weighted by molar-refractivity contribution is -0.141. The molecular formula is C23H20N4O6. The minimum atomic E-state index is -1.09. The molecule has 1 aliphatic heterocycles. The zero-order valence-electron chi connectivity index (χ0n) is 17.4. The second-order valence-electron chi connectivity index (χ2n) is 7.91. The van der Waals surface area contributed by atoms with Crippen molar-refractivity contribution < 1.29 is 28.9 Å². The lowest BCUT2D eigenvalue weighted by Gasteiger charge is -2.20. The summed E-state index contributed by atoms with van der Waals surface area (Å²) >= 11 is 0. The molecule has 2 amide bonds. The molecule has 2 aliphatic rings. The van der Waals surface area contributed by atoms with E-state index in [9.17, 15) is 19.5 Å². The van der Waals surface area contributed by atoms with Gasteiger partial charge in [-0.05, 0) is 45.4 Å². The number of nitrogens with zero attached hydrogens (tertiary/aromatic N) is 3. The van der Waals surface area contributed by atoms with Crippen molar-refractivity contribution in [3.63, 3.8) is 0 Å². The van der Waals surface area contributed by atoms with E-state index in [4.69, 9.17) is 4.74 Å². The molecular weight excluding hydrogens is 428 g/mol. The van der Waals surface area contributed by atoms with Gasteiger partial charge in [-0.2, -0.15) is 0 Å². The molecule has 0 spiro atoms. The third kappa shape index (κ3) is 3.69. The molecule has 2 heterocycles. The second-order valence-corrected chi connectivity index (χ2v) is 7.91. The molecule has 0 saturated carbocycles. The number of benzene rings is 2. The molecule has 1 aliphatic carbocycles. The molecule has 3 aromatic rings. The number of carboxylic acids is 1. The molecule has 0 radical (unpaired) electrons. The van der Waals surface area contributed by atoms with Crippen LogP contribution >= 0.6 is 0 Å². The highest BCUT2D eigenvalue weighted by Crippen LogP contribution is 2.44. The van der Waals surface area contributed by atoms with Crippen molar-refractivity contribution in [2.45, 2.75) is 24.8 Å². The molecule has 10 heteroatoms. The van der Waals surface area contributed by atoms with Crippen molar-refractivity contribution >= 4 is 23.8 Å². The first kappa shape index (κ1) is 20.7. The normalized spacial score (nSPS) is 16.8. The molecule has 2 aromatic carbocycles. The van der Waals surface area contributed by atoms with Crippen LogP contribution in [0.25, 0.3) is 11.1 Å². The Morgan fingerprint density at radius 2 is 1.73 bits per heavy atom. The minimum absolute atomic E-state index is 0.0850. The Kier molecular flexibility index (Phi) is 5.25. The van der Waals surface area contributed by atoms with E-state index in [0.717, 1.165) is 22.3 Å². The third-order valence-corrected chi connectivity index (χ3v) is 6.05. The molecule has 1 saturated heterocycles. The average molecular weight is 448 g/mol. The summed E-state index contributed by atoms with van der Waals surface area (Å²) in [6.07, 6.45) is 0.0859. The van der Waals surface area contributed by atoms with Crippen LogP contribution < -0.4 is 5.32 Å². The summed E-state index contributed by atoms with van der Waals surface area (Å²) in [5.41, 5.74) is 4.08. The molecule has 1 aromatic heterocycles. The Morgan fingerprint density at radius 3 is 2.39 bits per heavy atom. The Bertz CT molecular complexity index is 1190. The molecule has 5 rings (SSSR count). The van der Waals surface area contributed by atoms with Crippen LogP contribution in [0.5, 0.6) is 0 Å². The number of aliphatic carboxylic acids is 1. The van der Waals surface area contributed by atoms with Crippen molar-refractivity contribution in [2.24, 2.45) is 0 Å². The quantitative estimate of drug-likeness (QED) is 0.608. The Hall–Kier alpha value is -4.21. The number of hydrogen-bond acceptors (Lipinski definition) is 7. The molecule has 2 N–H and O–H groups in total. The SMILES string of the molecule is O=C(Nc1nonc1C(=O)N1CCCC1C(=O)O)OCC1c2ccccc2-c2ccccc21. The first-order chi connectivity index (χ1) is 16.0. The van der Waals surface area contributed by atoms with Gasteiger partial charge in [-0.3, -0.25) is 10.1 Å². The first-order valence-corrected chi connectivity index (χ1v) is 10.5. The predicted octanol–water partition coefficient (Wildman–Crippen LogP) is 3.12. The van der Waals surface area contributed by atoms with Crippen LogP contribution in [0.3, 0.4) is 0 Å². The first-order valence-electron chi connectivity index (χ1n) is 10.5. The average Bonchev–Trinajstić information content (AvgIpc) is 3.55. The number of fused-ring (bicyclic) bond motifs is 3. The van der Waals surface area contributed by atoms with Gasteiger partial charge in [0.15, 0.2) is 0 Å². The number of aromatic nitrogens is 2. The topological polar surface area (TPSA) is 135 Å². The molecule has 1 unspecified atom stereocenters. The maximum absolute atomic E-state index is 12.8. The Balaban J connectivity index is 1.28. The van der Waals surface area contributed by atoms with E-state index in [2.05, 4.69) is 20.3 Å². The monoisotopic (exact) mass is 448 g/mol. The Morgan fingerprint density at radius 1 is 1.06 bits per heavy atom. The van der Waals surface area contributed by atoms with Gasteiger partial charge in [0.05, 0.1) is 0 Å². The zero-order valence-corrected chi connectivity index (χ0v) is 17.4. The number of ether oxygens (including phenoxy) is 1. The van der Waals surface area contributed by atoms with E-state index in [0.29, 0.717) is 12.8 Å². The summed E-state index contributed by atoms with van der Waals surface area (Å²) in [6.45, 7) is 0.356. The van der Waals surface area contributed by atoms with Crippen molar-refractivity contribution in [3.8, 4) is 11.1 Å². The van der Waals surface area contributed by atoms with E-state index in [-0.39, 0.29) is 30.6 Å². The molecule has 1 fully saturated rings. The summed E-state index contributed by atoms with van der Waals surface area (Å²) in [4.78, 5) is 37.9. The second kappa shape index (κ2) is 8.38. The molecule has 1 atom stereocenters. The maximum atomic E-state index is 12.8. The fraction of sp³-hybridized carbons (Fsp3) is 0.261. The van der Waals surface area contributed by atoms with Crippen molar-refractivity contribution in [3.05, 3.63) is 65.4 Å². The van der Waals surface area contributed by atoms with E-state index < -0.39 is 24.0 Å². The van der Waals surface area contributed by atoms with E-state index >= 15 is 0 Å². The van der Waals surface area contributed by atoms with Gasteiger partial charge in [-0.25, -0.2) is 14.2 Å². The fourth-order valence-electron chi connectivity index (χ4n) is 4.54. The number of carboxylic acid groups (broad SMARTS) is 1. The maximum Gasteiger partial charge on any atom is 0.412 e. The largest absolute Gasteiger partial charge is 0.480 e. The molecule has 33 heavy (non-hydrogen) atoms. The van der Waals surface area contributed by atoms with Gasteiger partial charge in [0.1, 0.15) is 12.6 Å². The number of anilines is 1. The van der Waals surface area contributed by atoms with Crippen molar-refractivity contribution in [2.75, 3.05) is 18.5 Å². The van der Waals surface area contributed by atoms with Gasteiger partial charge in [0, 0.05) is 12.5 Å². The Labute approximate surface area is 188 Å². The molecule has 168 valence electrons. The highest BCUT2D eigenvalue weighted by Gasteiger charge is 2.37. The summed E-state index contributed by atoms with van der Waals surface area (Å²) in [6, 6.07) is 15.0. The van der Waals surface area contributed by atoms with Gasteiger partial charge in [-0.1, -0.05) is 48.5 Å². The predicted molar refractivity (Wildman–Crippen MR) is 115 cm³/mol. The van der Waals surface area contributed by atoms with Crippen LogP contribution in [0.2, 0.25) is 0 Å². The number of amides is 2. The highest BCUT2D eigenvalue weighted by molar-refractivity contribution is 6.01. The summed E-state index contributed by atoms with van der Waals surface area (Å²) in [7, 11) is 0. The summed E-state index contributed by atoms with van der Waals surface area (Å²) < 4.78 is 10.1. The van der Waals surface area contributed by atoms with E-state index in [1.54, 1.807) is 0 Å². The van der Waals surface area contributed by atoms with Gasteiger partial charge in [0.25, 0.3) is 5.91 Å². The lowest BCUT2D eigenvalue weighted by Crippen LogP contribution is -2.40. The number of carbonyl (C=O) groups is 3. The van der Waals surface area contributed by atoms with Crippen LogP contribution in [0.15, 0.2) is 53.2 Å². The standard InChI is InChI=1S/C23H20N4O6/c28-21(27-11-5-10-18(27)22(29)30)19-20(26-33-25-19)24-23(31)32-12-17-15-8-3-1-6-13(15)14-7-2-4-9-16(14)17/h1-4,6-9,17-18H,5,10-12H2,(H,29,30)(H,24,26,31). The minimum Gasteiger partial charge on any atom is -0.480 e. The van der Waals surface area contributed by atoms with Crippen LogP contribution in [0.1, 0.15) is 40.4 Å². The number of nitrogens with one attached hydrogen (secondary N) is 1. The van der Waals surface area contributed by atoms with Gasteiger partial charge < -0.3 is 14.7 Å². The zero-order chi connectivity index (χ0) is 22.9. The van der Waals surface area contributed by atoms with Crippen molar-refractivity contribution in [1.82, 2.24) is 15.2 Å². The van der Waals surface area contributed by atoms with Crippen LogP contribution in [-0.4, -0.2) is 57.5 Å². The third-order valence-electron chi connectivity index (χ3n) is 6.05. The van der Waals surface area contributed by atoms with E-state index in [1.165, 1.54) is 4.90 Å². The lowest BCUT2D eigenvalue weighted by atomic mass is 9.98. The van der Waals surface area contributed by atoms with Crippen molar-refractivity contribution in [1.29, 1.82) is 0 Å².